The molecule has 2 aliphatic heterocycles. The highest BCUT2D eigenvalue weighted by atomic mass is 16.7. The third-order valence-electron chi connectivity index (χ3n) is 4.36. The molecule has 2 heterocycles. The van der Waals surface area contributed by atoms with Gasteiger partial charge in [0.2, 0.25) is 6.79 Å². The van der Waals surface area contributed by atoms with Crippen LogP contribution in [0.5, 0.6) is 11.5 Å². The summed E-state index contributed by atoms with van der Waals surface area (Å²) in [5.41, 5.74) is 1.35. The molecule has 3 rings (SSSR count). The van der Waals surface area contributed by atoms with Crippen LogP contribution in [-0.2, 0) is 0 Å². The van der Waals surface area contributed by atoms with E-state index in [0.29, 0.717) is 18.8 Å². The van der Waals surface area contributed by atoms with Gasteiger partial charge >= 0.3 is 0 Å². The van der Waals surface area contributed by atoms with Gasteiger partial charge in [-0.2, -0.15) is 0 Å². The van der Waals surface area contributed by atoms with E-state index in [9.17, 15) is 0 Å². The zero-order valence-corrected chi connectivity index (χ0v) is 11.2. The summed E-state index contributed by atoms with van der Waals surface area (Å²) in [4.78, 5) is 2.59. The van der Waals surface area contributed by atoms with Crippen LogP contribution in [0.25, 0.3) is 0 Å². The van der Waals surface area contributed by atoms with E-state index >= 15 is 0 Å². The topological polar surface area (TPSA) is 21.7 Å². The number of rotatable bonds is 3. The maximum absolute atomic E-state index is 5.46. The van der Waals surface area contributed by atoms with E-state index in [4.69, 9.17) is 9.47 Å². The van der Waals surface area contributed by atoms with Gasteiger partial charge in [-0.05, 0) is 56.5 Å². The number of benzene rings is 1. The first kappa shape index (κ1) is 11.8. The van der Waals surface area contributed by atoms with Crippen molar-refractivity contribution in [2.75, 3.05) is 19.9 Å². The highest BCUT2D eigenvalue weighted by Gasteiger charge is 2.25. The lowest BCUT2D eigenvalue weighted by Crippen LogP contribution is -2.34. The number of ether oxygens (including phenoxy) is 2. The Hall–Kier alpha value is -1.22. The predicted molar refractivity (Wildman–Crippen MR) is 71.2 cm³/mol. The maximum Gasteiger partial charge on any atom is 0.231 e. The fourth-order valence-electron chi connectivity index (χ4n) is 2.94. The molecule has 3 nitrogen and oxygen atoms in total. The monoisotopic (exact) mass is 247 g/mol. The summed E-state index contributed by atoms with van der Waals surface area (Å²) >= 11 is 0. The summed E-state index contributed by atoms with van der Waals surface area (Å²) in [6, 6.07) is 6.93. The number of hydrogen-bond donors (Lipinski definition) is 0. The molecule has 0 radical (unpaired) electrons. The molecule has 0 N–H and O–H groups in total. The van der Waals surface area contributed by atoms with Gasteiger partial charge in [-0.1, -0.05) is 13.0 Å². The molecule has 0 saturated carbocycles. The lowest BCUT2D eigenvalue weighted by molar-refractivity contribution is 0.174. The Labute approximate surface area is 109 Å². The molecule has 18 heavy (non-hydrogen) atoms. The Kier molecular flexibility index (Phi) is 3.16. The van der Waals surface area contributed by atoms with Gasteiger partial charge < -0.3 is 14.4 Å². The van der Waals surface area contributed by atoms with Crippen LogP contribution >= 0.6 is 0 Å². The van der Waals surface area contributed by atoms with E-state index in [2.05, 4.69) is 30.9 Å². The van der Waals surface area contributed by atoms with Crippen molar-refractivity contribution in [2.45, 2.75) is 38.6 Å². The normalized spacial score (nSPS) is 22.1. The van der Waals surface area contributed by atoms with Crippen LogP contribution in [0.1, 0.15) is 38.2 Å². The van der Waals surface area contributed by atoms with E-state index in [1.807, 2.05) is 6.07 Å². The van der Waals surface area contributed by atoms with Gasteiger partial charge in [0.05, 0.1) is 0 Å². The molecule has 0 spiro atoms. The Balaban J connectivity index is 1.77. The van der Waals surface area contributed by atoms with Crippen LogP contribution < -0.4 is 9.47 Å². The second-order valence-corrected chi connectivity index (χ2v) is 5.39. The predicted octanol–water partition coefficient (Wildman–Crippen LogP) is 3.00. The molecular weight excluding hydrogens is 226 g/mol. The molecular formula is C15H21NO2. The van der Waals surface area contributed by atoms with Gasteiger partial charge in [0.15, 0.2) is 11.5 Å². The van der Waals surface area contributed by atoms with Crippen LogP contribution in [0.15, 0.2) is 18.2 Å². The molecule has 98 valence electrons. The van der Waals surface area contributed by atoms with E-state index in [1.165, 1.54) is 31.5 Å². The van der Waals surface area contributed by atoms with Crippen LogP contribution in [0.2, 0.25) is 0 Å². The Morgan fingerprint density at radius 1 is 1.06 bits per heavy atom. The van der Waals surface area contributed by atoms with Gasteiger partial charge in [-0.25, -0.2) is 0 Å². The van der Waals surface area contributed by atoms with E-state index in [0.717, 1.165) is 11.5 Å². The summed E-state index contributed by atoms with van der Waals surface area (Å²) in [6.45, 7) is 7.49. The Morgan fingerprint density at radius 2 is 1.78 bits per heavy atom. The van der Waals surface area contributed by atoms with Gasteiger partial charge in [0.1, 0.15) is 0 Å². The molecule has 1 saturated heterocycles. The second kappa shape index (κ2) is 4.81. The van der Waals surface area contributed by atoms with Gasteiger partial charge in [-0.15, -0.1) is 0 Å². The molecule has 1 aromatic rings. The highest BCUT2D eigenvalue weighted by molar-refractivity contribution is 5.45. The first-order valence-electron chi connectivity index (χ1n) is 6.89. The fraction of sp³-hybridized carbons (Fsp3) is 0.600. The van der Waals surface area contributed by atoms with Crippen LogP contribution in [-0.4, -0.2) is 30.8 Å². The van der Waals surface area contributed by atoms with Crippen molar-refractivity contribution in [3.63, 3.8) is 0 Å². The molecule has 0 amide bonds. The zero-order chi connectivity index (χ0) is 12.5. The van der Waals surface area contributed by atoms with Crippen molar-refractivity contribution >= 4 is 0 Å². The van der Waals surface area contributed by atoms with Gasteiger partial charge in [0, 0.05) is 6.04 Å². The second-order valence-electron chi connectivity index (χ2n) is 5.39. The first-order valence-corrected chi connectivity index (χ1v) is 6.89. The molecule has 0 bridgehead atoms. The number of fused-ring (bicyclic) bond motifs is 1. The van der Waals surface area contributed by atoms with Crippen molar-refractivity contribution in [3.8, 4) is 11.5 Å². The third-order valence-corrected chi connectivity index (χ3v) is 4.36. The van der Waals surface area contributed by atoms with Gasteiger partial charge in [0.25, 0.3) is 0 Å². The average Bonchev–Trinajstić information content (AvgIpc) is 3.06. The Bertz CT molecular complexity index is 427. The maximum atomic E-state index is 5.46. The number of likely N-dealkylation sites (tertiary alicyclic amines) is 1. The number of nitrogens with zero attached hydrogens (tertiary/aromatic N) is 1. The van der Waals surface area contributed by atoms with E-state index in [-0.39, 0.29) is 0 Å². The summed E-state index contributed by atoms with van der Waals surface area (Å²) < 4.78 is 10.8. The van der Waals surface area contributed by atoms with Crippen molar-refractivity contribution in [3.05, 3.63) is 23.8 Å². The van der Waals surface area contributed by atoms with E-state index < -0.39 is 0 Å². The molecule has 3 heteroatoms. The molecule has 0 unspecified atom stereocenters. The first-order chi connectivity index (χ1) is 8.75. The van der Waals surface area contributed by atoms with Crippen molar-refractivity contribution in [1.29, 1.82) is 0 Å². The number of hydrogen-bond acceptors (Lipinski definition) is 3. The summed E-state index contributed by atoms with van der Waals surface area (Å²) in [6.07, 6.45) is 2.69. The van der Waals surface area contributed by atoms with E-state index in [1.54, 1.807) is 0 Å². The van der Waals surface area contributed by atoms with Gasteiger partial charge in [-0.3, -0.25) is 0 Å². The molecule has 2 aliphatic rings. The summed E-state index contributed by atoms with van der Waals surface area (Å²) in [5, 5.41) is 0. The average molecular weight is 247 g/mol. The zero-order valence-electron chi connectivity index (χ0n) is 11.2. The minimum absolute atomic E-state index is 0.356. The molecule has 1 aromatic carbocycles. The molecule has 2 atom stereocenters. The van der Waals surface area contributed by atoms with Crippen molar-refractivity contribution in [1.82, 2.24) is 4.90 Å². The summed E-state index contributed by atoms with van der Waals surface area (Å²) in [5.74, 6) is 2.30. The largest absolute Gasteiger partial charge is 0.454 e. The van der Waals surface area contributed by atoms with Crippen molar-refractivity contribution < 1.29 is 9.47 Å². The molecule has 0 aromatic heterocycles. The molecule has 0 aliphatic carbocycles. The standard InChI is InChI=1S/C15H21NO2/c1-11(12(2)16-7-3-4-8-16)13-5-6-14-15(9-13)18-10-17-14/h5-6,9,11-12H,3-4,7-8,10H2,1-2H3/t11-,12-/m1/s1. The van der Waals surface area contributed by atoms with Crippen LogP contribution in [0, 0.1) is 0 Å². The third kappa shape index (κ3) is 2.07. The van der Waals surface area contributed by atoms with Crippen molar-refractivity contribution in [2.24, 2.45) is 0 Å². The molecule has 1 fully saturated rings. The van der Waals surface area contributed by atoms with Crippen LogP contribution in [0.4, 0.5) is 0 Å². The van der Waals surface area contributed by atoms with Crippen LogP contribution in [0.3, 0.4) is 0 Å². The minimum atomic E-state index is 0.356. The lowest BCUT2D eigenvalue weighted by atomic mass is 9.93. The highest BCUT2D eigenvalue weighted by Crippen LogP contribution is 2.36. The Morgan fingerprint density at radius 3 is 2.56 bits per heavy atom. The fourth-order valence-corrected chi connectivity index (χ4v) is 2.94. The minimum Gasteiger partial charge on any atom is -0.454 e. The quantitative estimate of drug-likeness (QED) is 0.819. The SMILES string of the molecule is C[C@H]([C@@H](C)c1ccc2c(c1)OCO2)N1CCCC1. The smallest absolute Gasteiger partial charge is 0.231 e. The lowest BCUT2D eigenvalue weighted by Gasteiger charge is -2.29. The summed E-state index contributed by atoms with van der Waals surface area (Å²) in [7, 11) is 0.